The summed E-state index contributed by atoms with van der Waals surface area (Å²) in [5, 5.41) is 9.04. The highest BCUT2D eigenvalue weighted by atomic mass is 32.2. The summed E-state index contributed by atoms with van der Waals surface area (Å²) in [5.41, 5.74) is 0. The number of alkyl halides is 2. The van der Waals surface area contributed by atoms with Gasteiger partial charge in [-0.05, 0) is 18.2 Å². The molecule has 15 heavy (non-hydrogen) atoms. The molecule has 1 aromatic carbocycles. The Balaban J connectivity index is 2.87. The molecule has 0 aliphatic carbocycles. The first-order valence-corrected chi connectivity index (χ1v) is 5.87. The highest BCUT2D eigenvalue weighted by molar-refractivity contribution is 7.91. The number of phenols is 1. The number of sulfone groups is 1. The summed E-state index contributed by atoms with van der Waals surface area (Å²) in [5.74, 6) is -0.818. The van der Waals surface area contributed by atoms with Crippen molar-refractivity contribution in [2.24, 2.45) is 0 Å². The Morgan fingerprint density at radius 3 is 2.53 bits per heavy atom. The summed E-state index contributed by atoms with van der Waals surface area (Å²) >= 11 is 0. The van der Waals surface area contributed by atoms with Crippen LogP contribution in [0.4, 0.5) is 8.78 Å². The molecular weight excluding hydrogens is 226 g/mol. The van der Waals surface area contributed by atoms with Crippen molar-refractivity contribution in [1.29, 1.82) is 0 Å². The van der Waals surface area contributed by atoms with E-state index in [4.69, 9.17) is 5.11 Å². The first kappa shape index (κ1) is 11.9. The molecule has 0 bridgehead atoms. The molecule has 1 N–H and O–H groups in total. The fourth-order valence-corrected chi connectivity index (χ4v) is 2.35. The minimum atomic E-state index is -3.72. The smallest absolute Gasteiger partial charge is 0.239 e. The van der Waals surface area contributed by atoms with E-state index >= 15 is 0 Å². The second kappa shape index (κ2) is 4.57. The molecule has 1 rings (SSSR count). The van der Waals surface area contributed by atoms with Crippen LogP contribution in [0.25, 0.3) is 0 Å². The Labute approximate surface area is 86.3 Å². The van der Waals surface area contributed by atoms with Crippen LogP contribution in [0.5, 0.6) is 5.75 Å². The lowest BCUT2D eigenvalue weighted by Gasteiger charge is -2.04. The number of benzene rings is 1. The molecule has 0 aliphatic rings. The van der Waals surface area contributed by atoms with E-state index in [1.807, 2.05) is 0 Å². The van der Waals surface area contributed by atoms with Crippen molar-refractivity contribution in [2.75, 3.05) is 5.75 Å². The lowest BCUT2D eigenvalue weighted by molar-refractivity contribution is 0.145. The van der Waals surface area contributed by atoms with E-state index in [-0.39, 0.29) is 10.6 Å². The molecule has 0 fully saturated rings. The van der Waals surface area contributed by atoms with E-state index in [9.17, 15) is 17.2 Å². The third-order valence-electron chi connectivity index (χ3n) is 1.78. The second-order valence-corrected chi connectivity index (χ2v) is 5.11. The van der Waals surface area contributed by atoms with Crippen LogP contribution in [-0.4, -0.2) is 25.7 Å². The zero-order valence-electron chi connectivity index (χ0n) is 7.73. The van der Waals surface area contributed by atoms with Crippen LogP contribution >= 0.6 is 0 Å². The molecule has 84 valence electrons. The first-order valence-electron chi connectivity index (χ1n) is 4.22. The first-order chi connectivity index (χ1) is 6.92. The van der Waals surface area contributed by atoms with Gasteiger partial charge in [0.2, 0.25) is 6.43 Å². The Bertz CT molecular complexity index is 429. The molecule has 0 spiro atoms. The van der Waals surface area contributed by atoms with Gasteiger partial charge in [-0.2, -0.15) is 0 Å². The van der Waals surface area contributed by atoms with Gasteiger partial charge in [0, 0.05) is 6.42 Å². The lowest BCUT2D eigenvalue weighted by atomic mass is 10.3. The number of phenolic OH excluding ortho intramolecular Hbond substituents is 1. The van der Waals surface area contributed by atoms with E-state index < -0.39 is 28.4 Å². The van der Waals surface area contributed by atoms with E-state index in [0.29, 0.717) is 0 Å². The molecule has 6 heteroatoms. The predicted octanol–water partition coefficient (Wildman–Crippen LogP) is 1.82. The maximum absolute atomic E-state index is 11.8. The van der Waals surface area contributed by atoms with Crippen LogP contribution in [-0.2, 0) is 9.84 Å². The lowest BCUT2D eigenvalue weighted by Crippen LogP contribution is -2.09. The van der Waals surface area contributed by atoms with Gasteiger partial charge in [0.25, 0.3) is 0 Å². The molecule has 0 radical (unpaired) electrons. The van der Waals surface area contributed by atoms with E-state index in [0.717, 1.165) is 6.07 Å². The zero-order chi connectivity index (χ0) is 11.5. The third-order valence-corrected chi connectivity index (χ3v) is 3.53. The van der Waals surface area contributed by atoms with Gasteiger partial charge >= 0.3 is 0 Å². The van der Waals surface area contributed by atoms with Crippen molar-refractivity contribution in [3.05, 3.63) is 24.3 Å². The van der Waals surface area contributed by atoms with E-state index in [1.165, 1.54) is 18.2 Å². The molecule has 1 aromatic rings. The van der Waals surface area contributed by atoms with Crippen molar-refractivity contribution in [3.8, 4) is 5.75 Å². The maximum Gasteiger partial charge on any atom is 0.239 e. The Kier molecular flexibility index (Phi) is 3.62. The molecule has 3 nitrogen and oxygen atoms in total. The van der Waals surface area contributed by atoms with E-state index in [1.54, 1.807) is 0 Å². The normalized spacial score (nSPS) is 11.9. The summed E-state index contributed by atoms with van der Waals surface area (Å²) in [6, 6.07) is 4.97. The summed E-state index contributed by atoms with van der Waals surface area (Å²) < 4.78 is 46.6. The van der Waals surface area contributed by atoms with Crippen LogP contribution < -0.4 is 0 Å². The van der Waals surface area contributed by atoms with Gasteiger partial charge < -0.3 is 5.11 Å². The highest BCUT2D eigenvalue weighted by Crippen LogP contribution is 2.18. The van der Waals surface area contributed by atoms with Gasteiger partial charge in [-0.1, -0.05) is 6.07 Å². The molecule has 0 aliphatic heterocycles. The van der Waals surface area contributed by atoms with Gasteiger partial charge in [0.1, 0.15) is 5.75 Å². The number of hydrogen-bond acceptors (Lipinski definition) is 3. The Morgan fingerprint density at radius 1 is 1.33 bits per heavy atom. The van der Waals surface area contributed by atoms with Crippen LogP contribution in [0, 0.1) is 0 Å². The number of rotatable bonds is 4. The molecule has 0 heterocycles. The molecule has 0 saturated carbocycles. The monoisotopic (exact) mass is 236 g/mol. The third kappa shape index (κ3) is 3.47. The number of hydrogen-bond donors (Lipinski definition) is 1. The quantitative estimate of drug-likeness (QED) is 0.867. The van der Waals surface area contributed by atoms with Crippen molar-refractivity contribution < 1.29 is 22.3 Å². The highest BCUT2D eigenvalue weighted by Gasteiger charge is 2.17. The molecule has 0 saturated heterocycles. The van der Waals surface area contributed by atoms with Gasteiger partial charge in [-0.15, -0.1) is 0 Å². The molecule has 0 unspecified atom stereocenters. The molecule has 0 amide bonds. The summed E-state index contributed by atoms with van der Waals surface area (Å²) in [4.78, 5) is -0.136. The Morgan fingerprint density at radius 2 is 2.00 bits per heavy atom. The van der Waals surface area contributed by atoms with Gasteiger partial charge in [0.15, 0.2) is 9.84 Å². The summed E-state index contributed by atoms with van der Waals surface area (Å²) in [7, 11) is -3.72. The van der Waals surface area contributed by atoms with Crippen molar-refractivity contribution in [1.82, 2.24) is 0 Å². The number of halogens is 2. The van der Waals surface area contributed by atoms with Crippen molar-refractivity contribution in [2.45, 2.75) is 17.7 Å². The molecule has 0 aromatic heterocycles. The average molecular weight is 236 g/mol. The maximum atomic E-state index is 11.8. The van der Waals surface area contributed by atoms with Crippen LogP contribution in [0.2, 0.25) is 0 Å². The largest absolute Gasteiger partial charge is 0.508 e. The fourth-order valence-electron chi connectivity index (χ4n) is 1.04. The average Bonchev–Trinajstić information content (AvgIpc) is 2.15. The zero-order valence-corrected chi connectivity index (χ0v) is 8.55. The van der Waals surface area contributed by atoms with Crippen molar-refractivity contribution >= 4 is 9.84 Å². The van der Waals surface area contributed by atoms with Gasteiger partial charge in [0.05, 0.1) is 10.6 Å². The van der Waals surface area contributed by atoms with E-state index in [2.05, 4.69) is 0 Å². The van der Waals surface area contributed by atoms with Gasteiger partial charge in [-0.3, -0.25) is 0 Å². The summed E-state index contributed by atoms with van der Waals surface area (Å²) in [6.07, 6.45) is -3.34. The fraction of sp³-hybridized carbons (Fsp3) is 0.333. The van der Waals surface area contributed by atoms with Crippen LogP contribution in [0.1, 0.15) is 6.42 Å². The van der Waals surface area contributed by atoms with Crippen molar-refractivity contribution in [3.63, 3.8) is 0 Å². The predicted molar refractivity (Wildman–Crippen MR) is 50.8 cm³/mol. The van der Waals surface area contributed by atoms with Crippen LogP contribution in [0.15, 0.2) is 29.2 Å². The second-order valence-electron chi connectivity index (χ2n) is 3.00. The van der Waals surface area contributed by atoms with Crippen LogP contribution in [0.3, 0.4) is 0 Å². The summed E-state index contributed by atoms with van der Waals surface area (Å²) in [6.45, 7) is 0. The SMILES string of the molecule is O=S(=O)(CCC(F)F)c1cccc(O)c1. The standard InChI is InChI=1S/C9H10F2O3S/c10-9(11)4-5-15(13,14)8-3-1-2-7(12)6-8/h1-3,6,9,12H,4-5H2. The minimum Gasteiger partial charge on any atom is -0.508 e. The van der Waals surface area contributed by atoms with Gasteiger partial charge in [-0.25, -0.2) is 17.2 Å². The minimum absolute atomic E-state index is 0.136. The molecule has 0 atom stereocenters. The molecular formula is C9H10F2O3S. The Hall–Kier alpha value is -1.17. The number of aromatic hydroxyl groups is 1. The topological polar surface area (TPSA) is 54.4 Å².